The molecule has 0 bridgehead atoms. The molecule has 0 saturated carbocycles. The molecular weight excluding hydrogens is 367 g/mol. The average molecular weight is 388 g/mol. The van der Waals surface area contributed by atoms with Crippen LogP contribution in [0.1, 0.15) is 38.7 Å². The SMILES string of the molecule is CCCN(CCC)C(=O)C1=Cc2ccccc2N=C(C(F)(F)C(F)(F)F)C1. The molecule has 1 amide bonds. The Kier molecular flexibility index (Phi) is 6.38. The minimum atomic E-state index is -5.79. The Morgan fingerprint density at radius 1 is 1.07 bits per heavy atom. The zero-order valence-electron chi connectivity index (χ0n) is 15.1. The summed E-state index contributed by atoms with van der Waals surface area (Å²) in [5, 5.41) is 0. The van der Waals surface area contributed by atoms with E-state index in [1.54, 1.807) is 6.07 Å². The summed E-state index contributed by atoms with van der Waals surface area (Å²) in [7, 11) is 0. The van der Waals surface area contributed by atoms with Crippen LogP contribution in [0.15, 0.2) is 34.8 Å². The number of hydrogen-bond donors (Lipinski definition) is 0. The number of carbonyl (C=O) groups is 1. The van der Waals surface area contributed by atoms with Crippen molar-refractivity contribution < 1.29 is 26.7 Å². The van der Waals surface area contributed by atoms with Gasteiger partial charge >= 0.3 is 12.1 Å². The van der Waals surface area contributed by atoms with Crippen LogP contribution in [-0.4, -0.2) is 41.7 Å². The van der Waals surface area contributed by atoms with Gasteiger partial charge in [0.05, 0.1) is 5.69 Å². The summed E-state index contributed by atoms with van der Waals surface area (Å²) in [5.74, 6) is -5.66. The van der Waals surface area contributed by atoms with E-state index in [1.165, 1.54) is 29.2 Å². The number of amides is 1. The molecule has 148 valence electrons. The Morgan fingerprint density at radius 3 is 2.22 bits per heavy atom. The molecule has 8 heteroatoms. The summed E-state index contributed by atoms with van der Waals surface area (Å²) in [4.78, 5) is 17.9. The molecule has 0 aliphatic carbocycles. The maximum absolute atomic E-state index is 14.0. The molecule has 1 aliphatic rings. The van der Waals surface area contributed by atoms with Crippen LogP contribution in [0, 0.1) is 0 Å². The normalized spacial score (nSPS) is 14.8. The highest BCUT2D eigenvalue weighted by Gasteiger charge is 2.61. The first-order valence-corrected chi connectivity index (χ1v) is 8.73. The van der Waals surface area contributed by atoms with Crippen LogP contribution in [0.2, 0.25) is 0 Å². The van der Waals surface area contributed by atoms with E-state index in [1.807, 2.05) is 13.8 Å². The second-order valence-electron chi connectivity index (χ2n) is 6.33. The first kappa shape index (κ1) is 21.1. The predicted molar refractivity (Wildman–Crippen MR) is 94.3 cm³/mol. The fourth-order valence-corrected chi connectivity index (χ4v) is 2.86. The van der Waals surface area contributed by atoms with Gasteiger partial charge in [-0.2, -0.15) is 22.0 Å². The number of halogens is 5. The number of nitrogens with zero attached hydrogens (tertiary/aromatic N) is 2. The number of carbonyl (C=O) groups excluding carboxylic acids is 1. The van der Waals surface area contributed by atoms with Gasteiger partial charge in [0.15, 0.2) is 0 Å². The number of para-hydroxylation sites is 1. The molecule has 0 spiro atoms. The van der Waals surface area contributed by atoms with Crippen molar-refractivity contribution in [2.45, 2.75) is 45.2 Å². The van der Waals surface area contributed by atoms with E-state index >= 15 is 0 Å². The summed E-state index contributed by atoms with van der Waals surface area (Å²) in [6, 6.07) is 5.98. The molecule has 0 fully saturated rings. The zero-order valence-corrected chi connectivity index (χ0v) is 15.1. The molecule has 0 N–H and O–H groups in total. The van der Waals surface area contributed by atoms with E-state index in [0.29, 0.717) is 31.5 Å². The molecule has 0 radical (unpaired) electrons. The predicted octanol–water partition coefficient (Wildman–Crippen LogP) is 5.39. The number of aliphatic imine (C=N–C) groups is 1. The van der Waals surface area contributed by atoms with Gasteiger partial charge in [-0.1, -0.05) is 32.0 Å². The van der Waals surface area contributed by atoms with Crippen LogP contribution in [0.4, 0.5) is 27.6 Å². The summed E-state index contributed by atoms with van der Waals surface area (Å²) in [5.41, 5.74) is -1.17. The van der Waals surface area contributed by atoms with Crippen molar-refractivity contribution in [2.24, 2.45) is 4.99 Å². The summed E-state index contributed by atoms with van der Waals surface area (Å²) >= 11 is 0. The van der Waals surface area contributed by atoms with Gasteiger partial charge in [0.2, 0.25) is 5.91 Å². The van der Waals surface area contributed by atoms with E-state index in [9.17, 15) is 26.7 Å². The summed E-state index contributed by atoms with van der Waals surface area (Å²) in [6.07, 6.45) is -3.99. The first-order valence-electron chi connectivity index (χ1n) is 8.73. The number of rotatable bonds is 6. The van der Waals surface area contributed by atoms with Crippen LogP contribution in [0.3, 0.4) is 0 Å². The molecule has 1 aromatic rings. The lowest BCUT2D eigenvalue weighted by atomic mass is 10.0. The van der Waals surface area contributed by atoms with Gasteiger partial charge in [0.1, 0.15) is 5.71 Å². The summed E-state index contributed by atoms with van der Waals surface area (Å²) in [6.45, 7) is 4.51. The van der Waals surface area contributed by atoms with Crippen LogP contribution in [0.5, 0.6) is 0 Å². The Balaban J connectivity index is 2.53. The van der Waals surface area contributed by atoms with Gasteiger partial charge < -0.3 is 4.90 Å². The highest BCUT2D eigenvalue weighted by atomic mass is 19.4. The van der Waals surface area contributed by atoms with Crippen LogP contribution < -0.4 is 0 Å². The monoisotopic (exact) mass is 388 g/mol. The molecule has 0 aromatic heterocycles. The second-order valence-corrected chi connectivity index (χ2v) is 6.33. The quantitative estimate of drug-likeness (QED) is 0.601. The lowest BCUT2D eigenvalue weighted by Gasteiger charge is -2.25. The first-order chi connectivity index (χ1) is 12.6. The van der Waals surface area contributed by atoms with E-state index in [4.69, 9.17) is 0 Å². The molecule has 0 saturated heterocycles. The smallest absolute Gasteiger partial charge is 0.339 e. The number of alkyl halides is 5. The van der Waals surface area contributed by atoms with E-state index in [2.05, 4.69) is 4.99 Å². The number of hydrogen-bond acceptors (Lipinski definition) is 2. The highest BCUT2D eigenvalue weighted by molar-refractivity contribution is 6.08. The number of benzene rings is 1. The van der Waals surface area contributed by atoms with Crippen molar-refractivity contribution in [1.29, 1.82) is 0 Å². The van der Waals surface area contributed by atoms with Crippen LogP contribution in [0.25, 0.3) is 6.08 Å². The van der Waals surface area contributed by atoms with Crippen molar-refractivity contribution in [3.63, 3.8) is 0 Å². The maximum Gasteiger partial charge on any atom is 0.459 e. The third-order valence-corrected chi connectivity index (χ3v) is 4.15. The molecule has 3 nitrogen and oxygen atoms in total. The number of fused-ring (bicyclic) bond motifs is 1. The van der Waals surface area contributed by atoms with Gasteiger partial charge in [0.25, 0.3) is 0 Å². The molecule has 0 atom stereocenters. The van der Waals surface area contributed by atoms with Crippen molar-refractivity contribution in [3.8, 4) is 0 Å². The minimum absolute atomic E-state index is 0.0169. The van der Waals surface area contributed by atoms with E-state index < -0.39 is 30.1 Å². The fraction of sp³-hybridized carbons (Fsp3) is 0.474. The molecule has 1 aromatic carbocycles. The van der Waals surface area contributed by atoms with Crippen LogP contribution >= 0.6 is 0 Å². The standard InChI is InChI=1S/C19H21F5N2O/c1-3-9-26(10-4-2)17(27)14-11-13-7-5-6-8-15(13)25-16(12-14)18(20,21)19(22,23)24/h5-8,11H,3-4,9-10,12H2,1-2H3. The average Bonchev–Trinajstić information content (AvgIpc) is 2.80. The van der Waals surface area contributed by atoms with E-state index in [-0.39, 0.29) is 11.3 Å². The molecule has 0 unspecified atom stereocenters. The maximum atomic E-state index is 14.0. The van der Waals surface area contributed by atoms with Gasteiger partial charge in [0, 0.05) is 30.6 Å². The van der Waals surface area contributed by atoms with Crippen molar-refractivity contribution in [2.75, 3.05) is 13.1 Å². The Bertz CT molecular complexity index is 747. The Hall–Kier alpha value is -2.25. The van der Waals surface area contributed by atoms with Gasteiger partial charge in [-0.3, -0.25) is 9.79 Å². The molecule has 1 heterocycles. The third kappa shape index (κ3) is 4.54. The molecule has 2 rings (SSSR count). The lowest BCUT2D eigenvalue weighted by molar-refractivity contribution is -0.249. The second kappa shape index (κ2) is 8.19. The van der Waals surface area contributed by atoms with E-state index in [0.717, 1.165) is 0 Å². The fourth-order valence-electron chi connectivity index (χ4n) is 2.86. The highest BCUT2D eigenvalue weighted by Crippen LogP contribution is 2.41. The molecular formula is C19H21F5N2O. The third-order valence-electron chi connectivity index (χ3n) is 4.15. The zero-order chi connectivity index (χ0) is 20.2. The summed E-state index contributed by atoms with van der Waals surface area (Å²) < 4.78 is 66.8. The topological polar surface area (TPSA) is 32.7 Å². The van der Waals surface area contributed by atoms with Gasteiger partial charge in [-0.25, -0.2) is 0 Å². The van der Waals surface area contributed by atoms with Gasteiger partial charge in [-0.15, -0.1) is 0 Å². The molecule has 1 aliphatic heterocycles. The Morgan fingerprint density at radius 2 is 1.67 bits per heavy atom. The van der Waals surface area contributed by atoms with Crippen molar-refractivity contribution >= 4 is 23.4 Å². The Labute approximate surface area is 154 Å². The molecule has 27 heavy (non-hydrogen) atoms. The largest absolute Gasteiger partial charge is 0.459 e. The lowest BCUT2D eigenvalue weighted by Crippen LogP contribution is -2.45. The van der Waals surface area contributed by atoms with Crippen molar-refractivity contribution in [1.82, 2.24) is 4.90 Å². The van der Waals surface area contributed by atoms with Crippen molar-refractivity contribution in [3.05, 3.63) is 35.4 Å². The van der Waals surface area contributed by atoms with Crippen LogP contribution in [-0.2, 0) is 4.79 Å². The van der Waals surface area contributed by atoms with Gasteiger partial charge in [-0.05, 0) is 25.0 Å². The minimum Gasteiger partial charge on any atom is -0.339 e.